The second kappa shape index (κ2) is 4.20. The summed E-state index contributed by atoms with van der Waals surface area (Å²) < 4.78 is 0. The van der Waals surface area contributed by atoms with Gasteiger partial charge in [0.25, 0.3) is 0 Å². The Morgan fingerprint density at radius 3 is 3.07 bits per heavy atom. The largest absolute Gasteiger partial charge is 0.237 e. The summed E-state index contributed by atoms with van der Waals surface area (Å²) in [5, 5.41) is 1.06. The minimum atomic E-state index is 0.746. The predicted molar refractivity (Wildman–Crippen MR) is 58.2 cm³/mol. The highest BCUT2D eigenvalue weighted by molar-refractivity contribution is 6.25. The zero-order chi connectivity index (χ0) is 9.80. The molecule has 0 saturated heterocycles. The first-order valence-corrected chi connectivity index (χ1v) is 4.79. The fraction of sp³-hybridized carbons (Fsp3) is 0.0909. The summed E-state index contributed by atoms with van der Waals surface area (Å²) in [6.07, 6.45) is 4.35. The van der Waals surface area contributed by atoms with Gasteiger partial charge in [0.1, 0.15) is 0 Å². The number of fused-ring (bicyclic) bond motifs is 1. The minimum absolute atomic E-state index is 0.746. The van der Waals surface area contributed by atoms with Crippen LogP contribution >= 0.6 is 11.6 Å². The van der Waals surface area contributed by atoms with Crippen molar-refractivity contribution in [3.05, 3.63) is 47.8 Å². The summed E-state index contributed by atoms with van der Waals surface area (Å²) >= 11 is 5.45. The van der Waals surface area contributed by atoms with Gasteiger partial charge >= 0.3 is 0 Å². The number of nitrogens with zero attached hydrogens (tertiary/aromatic N) is 2. The van der Waals surface area contributed by atoms with Crippen molar-refractivity contribution in [2.24, 2.45) is 0 Å². The van der Waals surface area contributed by atoms with Crippen LogP contribution in [0.4, 0.5) is 0 Å². The molecule has 0 aliphatic heterocycles. The van der Waals surface area contributed by atoms with Crippen LogP contribution in [0, 0.1) is 0 Å². The highest BCUT2D eigenvalue weighted by atomic mass is 35.5. The average Bonchev–Trinajstić information content (AvgIpc) is 2.26. The standard InChI is InChI=1S/C11H9ClN2/c12-7-1-4-10-6-5-9-3-2-8-13-11(9)14-10/h1-3,5-8H,4H2. The number of pyridine rings is 2. The fourth-order valence-corrected chi connectivity index (χ4v) is 1.36. The Balaban J connectivity index is 2.41. The number of rotatable bonds is 2. The minimum Gasteiger partial charge on any atom is -0.237 e. The molecular weight excluding hydrogens is 196 g/mol. The second-order valence-electron chi connectivity index (χ2n) is 2.92. The Morgan fingerprint density at radius 1 is 1.29 bits per heavy atom. The molecule has 0 amide bonds. The van der Waals surface area contributed by atoms with Gasteiger partial charge in [0.2, 0.25) is 0 Å². The SMILES string of the molecule is ClC=CCc1ccc2cccnc2n1. The molecule has 0 unspecified atom stereocenters. The monoisotopic (exact) mass is 204 g/mol. The molecule has 2 rings (SSSR count). The van der Waals surface area contributed by atoms with E-state index in [0.717, 1.165) is 23.1 Å². The first-order valence-electron chi connectivity index (χ1n) is 4.36. The summed E-state index contributed by atoms with van der Waals surface area (Å²) in [5.74, 6) is 0. The molecular formula is C11H9ClN2. The van der Waals surface area contributed by atoms with Crippen LogP contribution in [0.15, 0.2) is 42.1 Å². The molecule has 2 aromatic rings. The van der Waals surface area contributed by atoms with Gasteiger partial charge in [-0.25, -0.2) is 9.97 Å². The normalized spacial score (nSPS) is 11.2. The Kier molecular flexibility index (Phi) is 2.75. The smallest absolute Gasteiger partial charge is 0.159 e. The third kappa shape index (κ3) is 1.91. The molecule has 3 heteroatoms. The van der Waals surface area contributed by atoms with Crippen molar-refractivity contribution < 1.29 is 0 Å². The van der Waals surface area contributed by atoms with Crippen LogP contribution in [-0.2, 0) is 6.42 Å². The molecule has 0 fully saturated rings. The molecule has 2 heterocycles. The van der Waals surface area contributed by atoms with E-state index in [9.17, 15) is 0 Å². The van der Waals surface area contributed by atoms with Crippen LogP contribution in [0.1, 0.15) is 5.69 Å². The van der Waals surface area contributed by atoms with Gasteiger partial charge in [-0.15, -0.1) is 0 Å². The Hall–Kier alpha value is -1.41. The molecule has 0 N–H and O–H groups in total. The van der Waals surface area contributed by atoms with Gasteiger partial charge in [-0.1, -0.05) is 17.7 Å². The maximum atomic E-state index is 5.45. The number of halogens is 1. The molecule has 2 nitrogen and oxygen atoms in total. The highest BCUT2D eigenvalue weighted by Crippen LogP contribution is 2.09. The van der Waals surface area contributed by atoms with E-state index in [4.69, 9.17) is 11.6 Å². The second-order valence-corrected chi connectivity index (χ2v) is 3.17. The lowest BCUT2D eigenvalue weighted by molar-refractivity contribution is 1.12. The maximum Gasteiger partial charge on any atom is 0.159 e. The summed E-state index contributed by atoms with van der Waals surface area (Å²) in [5.41, 5.74) is 3.27. The van der Waals surface area contributed by atoms with E-state index in [-0.39, 0.29) is 0 Å². The van der Waals surface area contributed by atoms with Crippen molar-refractivity contribution in [1.82, 2.24) is 9.97 Å². The Labute approximate surface area is 87.3 Å². The van der Waals surface area contributed by atoms with E-state index >= 15 is 0 Å². The van der Waals surface area contributed by atoms with E-state index < -0.39 is 0 Å². The van der Waals surface area contributed by atoms with Crippen LogP contribution in [0.5, 0.6) is 0 Å². The number of aromatic nitrogens is 2. The lowest BCUT2D eigenvalue weighted by atomic mass is 10.2. The van der Waals surface area contributed by atoms with Crippen LogP contribution < -0.4 is 0 Å². The van der Waals surface area contributed by atoms with Crippen LogP contribution in [0.25, 0.3) is 11.0 Å². The topological polar surface area (TPSA) is 25.8 Å². The van der Waals surface area contributed by atoms with Crippen LogP contribution in [0.3, 0.4) is 0 Å². The van der Waals surface area contributed by atoms with Gasteiger partial charge in [-0.3, -0.25) is 0 Å². The van der Waals surface area contributed by atoms with Crippen molar-refractivity contribution in [1.29, 1.82) is 0 Å². The van der Waals surface area contributed by atoms with Crippen LogP contribution in [-0.4, -0.2) is 9.97 Å². The quantitative estimate of drug-likeness (QED) is 0.752. The first kappa shape index (κ1) is 9.16. The van der Waals surface area contributed by atoms with E-state index in [1.54, 1.807) is 6.20 Å². The van der Waals surface area contributed by atoms with Crippen molar-refractivity contribution in [3.63, 3.8) is 0 Å². The van der Waals surface area contributed by atoms with E-state index in [1.807, 2.05) is 30.3 Å². The van der Waals surface area contributed by atoms with Gasteiger partial charge in [-0.2, -0.15) is 0 Å². The molecule has 0 aromatic carbocycles. The summed E-state index contributed by atoms with van der Waals surface area (Å²) in [6, 6.07) is 7.91. The Morgan fingerprint density at radius 2 is 2.21 bits per heavy atom. The third-order valence-corrected chi connectivity index (χ3v) is 2.12. The van der Waals surface area contributed by atoms with E-state index in [1.165, 1.54) is 5.54 Å². The molecule has 0 spiro atoms. The van der Waals surface area contributed by atoms with Gasteiger partial charge < -0.3 is 0 Å². The van der Waals surface area contributed by atoms with Gasteiger partial charge in [0.15, 0.2) is 5.65 Å². The van der Waals surface area contributed by atoms with Crippen molar-refractivity contribution in [2.45, 2.75) is 6.42 Å². The average molecular weight is 205 g/mol. The van der Waals surface area contributed by atoms with Crippen molar-refractivity contribution in [2.75, 3.05) is 0 Å². The van der Waals surface area contributed by atoms with Gasteiger partial charge in [0, 0.05) is 29.2 Å². The number of hydrogen-bond donors (Lipinski definition) is 0. The molecule has 14 heavy (non-hydrogen) atoms. The van der Waals surface area contributed by atoms with Gasteiger partial charge in [0.05, 0.1) is 0 Å². The van der Waals surface area contributed by atoms with Crippen molar-refractivity contribution in [3.8, 4) is 0 Å². The zero-order valence-electron chi connectivity index (χ0n) is 7.52. The molecule has 0 aliphatic rings. The molecule has 0 aliphatic carbocycles. The molecule has 0 bridgehead atoms. The summed E-state index contributed by atoms with van der Waals surface area (Å²) in [4.78, 5) is 8.57. The molecule has 2 aromatic heterocycles. The molecule has 0 radical (unpaired) electrons. The first-order chi connectivity index (χ1) is 6.90. The van der Waals surface area contributed by atoms with Gasteiger partial charge in [-0.05, 0) is 24.3 Å². The van der Waals surface area contributed by atoms with Crippen LogP contribution in [0.2, 0.25) is 0 Å². The summed E-state index contributed by atoms with van der Waals surface area (Å²) in [6.45, 7) is 0. The molecule has 0 saturated carbocycles. The lowest BCUT2D eigenvalue weighted by Crippen LogP contribution is -1.89. The van der Waals surface area contributed by atoms with Crippen molar-refractivity contribution >= 4 is 22.6 Å². The molecule has 0 atom stereocenters. The zero-order valence-corrected chi connectivity index (χ0v) is 8.28. The predicted octanol–water partition coefficient (Wildman–Crippen LogP) is 2.92. The number of allylic oxidation sites excluding steroid dienone is 1. The number of hydrogen-bond acceptors (Lipinski definition) is 2. The fourth-order valence-electron chi connectivity index (χ4n) is 1.27. The molecule has 70 valence electrons. The van der Waals surface area contributed by atoms with E-state index in [0.29, 0.717) is 0 Å². The maximum absolute atomic E-state index is 5.45. The van der Waals surface area contributed by atoms with E-state index in [2.05, 4.69) is 9.97 Å². The Bertz CT molecular complexity index is 466. The summed E-state index contributed by atoms with van der Waals surface area (Å²) in [7, 11) is 0. The third-order valence-electron chi connectivity index (χ3n) is 1.94. The lowest BCUT2D eigenvalue weighted by Gasteiger charge is -1.98. The highest BCUT2D eigenvalue weighted by Gasteiger charge is 1.96.